The van der Waals surface area contributed by atoms with Gasteiger partial charge in [-0.2, -0.15) is 0 Å². The molecule has 0 bridgehead atoms. The fraction of sp³-hybridized carbons (Fsp3) is 0.538. The number of likely N-dealkylation sites (N-methyl/N-ethyl adjacent to an activating group) is 2. The van der Waals surface area contributed by atoms with Crippen molar-refractivity contribution in [2.24, 2.45) is 0 Å². The van der Waals surface area contributed by atoms with Crippen molar-refractivity contribution >= 4 is 15.9 Å². The van der Waals surface area contributed by atoms with Crippen LogP contribution < -0.4 is 5.32 Å². The molecule has 0 aromatic heterocycles. The van der Waals surface area contributed by atoms with E-state index >= 15 is 0 Å². The molecule has 0 fully saturated rings. The molecule has 1 rings (SSSR count). The number of nitrogens with one attached hydrogen (secondary N) is 1. The van der Waals surface area contributed by atoms with Crippen molar-refractivity contribution in [3.63, 3.8) is 0 Å². The van der Waals surface area contributed by atoms with Crippen LogP contribution in [0.5, 0.6) is 0 Å². The Kier molecular flexibility index (Phi) is 6.03. The third kappa shape index (κ3) is 4.64. The van der Waals surface area contributed by atoms with Gasteiger partial charge in [0.25, 0.3) is 0 Å². The summed E-state index contributed by atoms with van der Waals surface area (Å²) in [6.07, 6.45) is 0. The summed E-state index contributed by atoms with van der Waals surface area (Å²) in [5, 5.41) is 3.34. The third-order valence-corrected chi connectivity index (χ3v) is 3.31. The highest BCUT2D eigenvalue weighted by Gasteiger charge is 2.03. The van der Waals surface area contributed by atoms with Crippen molar-refractivity contribution in [3.8, 4) is 0 Å². The highest BCUT2D eigenvalue weighted by molar-refractivity contribution is 9.10. The SMILES string of the molecule is CCNCCN(C)Cc1ccc(C)cc1Br. The van der Waals surface area contributed by atoms with Gasteiger partial charge < -0.3 is 10.2 Å². The summed E-state index contributed by atoms with van der Waals surface area (Å²) >= 11 is 3.62. The molecule has 1 N–H and O–H groups in total. The molecule has 3 heteroatoms. The normalized spacial score (nSPS) is 11.1. The molecule has 1 aromatic rings. The summed E-state index contributed by atoms with van der Waals surface area (Å²) < 4.78 is 1.21. The number of aryl methyl sites for hydroxylation is 1. The van der Waals surface area contributed by atoms with Gasteiger partial charge in [0, 0.05) is 24.1 Å². The standard InChI is InChI=1S/C13H21BrN2/c1-4-15-7-8-16(3)10-12-6-5-11(2)9-13(12)14/h5-6,9,15H,4,7-8,10H2,1-3H3. The lowest BCUT2D eigenvalue weighted by molar-refractivity contribution is 0.325. The molecule has 16 heavy (non-hydrogen) atoms. The average Bonchev–Trinajstić information content (AvgIpc) is 2.23. The highest BCUT2D eigenvalue weighted by atomic mass is 79.9. The van der Waals surface area contributed by atoms with Crippen LogP contribution >= 0.6 is 15.9 Å². The van der Waals surface area contributed by atoms with Gasteiger partial charge in [-0.15, -0.1) is 0 Å². The van der Waals surface area contributed by atoms with Gasteiger partial charge in [-0.3, -0.25) is 0 Å². The van der Waals surface area contributed by atoms with E-state index in [0.717, 1.165) is 26.2 Å². The van der Waals surface area contributed by atoms with Crippen molar-refractivity contribution in [2.75, 3.05) is 26.7 Å². The molecule has 2 nitrogen and oxygen atoms in total. The van der Waals surface area contributed by atoms with Gasteiger partial charge in [-0.1, -0.05) is 35.0 Å². The van der Waals surface area contributed by atoms with Gasteiger partial charge in [0.1, 0.15) is 0 Å². The van der Waals surface area contributed by atoms with Crippen molar-refractivity contribution in [1.29, 1.82) is 0 Å². The first kappa shape index (κ1) is 13.7. The van der Waals surface area contributed by atoms with E-state index in [1.165, 1.54) is 15.6 Å². The summed E-state index contributed by atoms with van der Waals surface area (Å²) in [5.74, 6) is 0. The first-order chi connectivity index (χ1) is 7.63. The Labute approximate surface area is 107 Å². The van der Waals surface area contributed by atoms with E-state index in [0.29, 0.717) is 0 Å². The highest BCUT2D eigenvalue weighted by Crippen LogP contribution is 2.19. The Balaban J connectivity index is 2.46. The third-order valence-electron chi connectivity index (χ3n) is 2.57. The van der Waals surface area contributed by atoms with Crippen LogP contribution in [0.2, 0.25) is 0 Å². The minimum atomic E-state index is 0.992. The molecule has 0 aliphatic carbocycles. The predicted octanol–water partition coefficient (Wildman–Crippen LogP) is 2.80. The molecule has 0 amide bonds. The van der Waals surface area contributed by atoms with Crippen LogP contribution in [0.25, 0.3) is 0 Å². The summed E-state index contributed by atoms with van der Waals surface area (Å²) in [6, 6.07) is 6.54. The molecule has 0 aliphatic rings. The number of rotatable bonds is 6. The Morgan fingerprint density at radius 2 is 2.12 bits per heavy atom. The van der Waals surface area contributed by atoms with Gasteiger partial charge in [0.15, 0.2) is 0 Å². The van der Waals surface area contributed by atoms with E-state index in [1.54, 1.807) is 0 Å². The second-order valence-electron chi connectivity index (χ2n) is 4.19. The van der Waals surface area contributed by atoms with E-state index in [-0.39, 0.29) is 0 Å². The number of hydrogen-bond acceptors (Lipinski definition) is 2. The van der Waals surface area contributed by atoms with Crippen LogP contribution in [0.3, 0.4) is 0 Å². The Morgan fingerprint density at radius 3 is 2.75 bits per heavy atom. The fourth-order valence-corrected chi connectivity index (χ4v) is 2.22. The van der Waals surface area contributed by atoms with E-state index in [1.807, 2.05) is 0 Å². The van der Waals surface area contributed by atoms with E-state index in [2.05, 4.69) is 65.2 Å². The number of hydrogen-bond donors (Lipinski definition) is 1. The average molecular weight is 285 g/mol. The van der Waals surface area contributed by atoms with Gasteiger partial charge in [-0.05, 0) is 37.7 Å². The molecular weight excluding hydrogens is 264 g/mol. The minimum absolute atomic E-state index is 0.992. The molecule has 0 saturated heterocycles. The van der Waals surface area contributed by atoms with Gasteiger partial charge in [0.05, 0.1) is 0 Å². The molecular formula is C13H21BrN2. The van der Waals surface area contributed by atoms with Gasteiger partial charge in [-0.25, -0.2) is 0 Å². The molecule has 0 saturated carbocycles. The molecule has 0 atom stereocenters. The summed E-state index contributed by atoms with van der Waals surface area (Å²) in [5.41, 5.74) is 2.65. The zero-order valence-corrected chi connectivity index (χ0v) is 12.0. The minimum Gasteiger partial charge on any atom is -0.316 e. The van der Waals surface area contributed by atoms with Crippen LogP contribution in [0.15, 0.2) is 22.7 Å². The lowest BCUT2D eigenvalue weighted by Gasteiger charge is -2.17. The molecule has 0 spiro atoms. The first-order valence-electron chi connectivity index (χ1n) is 5.77. The predicted molar refractivity (Wildman–Crippen MR) is 73.8 cm³/mol. The zero-order valence-electron chi connectivity index (χ0n) is 10.4. The van der Waals surface area contributed by atoms with Crippen LogP contribution in [0, 0.1) is 6.92 Å². The summed E-state index contributed by atoms with van der Waals surface area (Å²) in [7, 11) is 2.16. The van der Waals surface area contributed by atoms with E-state index < -0.39 is 0 Å². The van der Waals surface area contributed by atoms with Crippen molar-refractivity contribution < 1.29 is 0 Å². The second kappa shape index (κ2) is 7.05. The maximum Gasteiger partial charge on any atom is 0.0242 e. The summed E-state index contributed by atoms with van der Waals surface area (Å²) in [6.45, 7) is 8.42. The fourth-order valence-electron chi connectivity index (χ4n) is 1.60. The molecule has 0 radical (unpaired) electrons. The van der Waals surface area contributed by atoms with E-state index in [4.69, 9.17) is 0 Å². The summed E-state index contributed by atoms with van der Waals surface area (Å²) in [4.78, 5) is 2.33. The smallest absolute Gasteiger partial charge is 0.0242 e. The molecule has 0 unspecified atom stereocenters. The van der Waals surface area contributed by atoms with E-state index in [9.17, 15) is 0 Å². The number of nitrogens with zero attached hydrogens (tertiary/aromatic N) is 1. The number of halogens is 1. The number of benzene rings is 1. The maximum atomic E-state index is 3.62. The Hall–Kier alpha value is -0.380. The topological polar surface area (TPSA) is 15.3 Å². The largest absolute Gasteiger partial charge is 0.316 e. The quantitative estimate of drug-likeness (QED) is 0.809. The second-order valence-corrected chi connectivity index (χ2v) is 5.04. The maximum absolute atomic E-state index is 3.62. The first-order valence-corrected chi connectivity index (χ1v) is 6.57. The van der Waals surface area contributed by atoms with Crippen molar-refractivity contribution in [3.05, 3.63) is 33.8 Å². The van der Waals surface area contributed by atoms with Crippen LogP contribution in [-0.4, -0.2) is 31.6 Å². The van der Waals surface area contributed by atoms with Crippen molar-refractivity contribution in [2.45, 2.75) is 20.4 Å². The lowest BCUT2D eigenvalue weighted by Crippen LogP contribution is -2.28. The molecule has 90 valence electrons. The van der Waals surface area contributed by atoms with Crippen LogP contribution in [-0.2, 0) is 6.54 Å². The van der Waals surface area contributed by atoms with Crippen LogP contribution in [0.1, 0.15) is 18.1 Å². The van der Waals surface area contributed by atoms with Gasteiger partial charge >= 0.3 is 0 Å². The Morgan fingerprint density at radius 1 is 1.38 bits per heavy atom. The van der Waals surface area contributed by atoms with Crippen LogP contribution in [0.4, 0.5) is 0 Å². The Bertz CT molecular complexity index is 326. The lowest BCUT2D eigenvalue weighted by atomic mass is 10.1. The molecule has 0 heterocycles. The molecule has 0 aliphatic heterocycles. The zero-order chi connectivity index (χ0) is 12.0. The van der Waals surface area contributed by atoms with Crippen molar-refractivity contribution in [1.82, 2.24) is 10.2 Å². The van der Waals surface area contributed by atoms with Gasteiger partial charge in [0.2, 0.25) is 0 Å². The molecule has 1 aromatic carbocycles. The monoisotopic (exact) mass is 284 g/mol.